The first-order valence-electron chi connectivity index (χ1n) is 7.06. The number of anilines is 1. The van der Waals surface area contributed by atoms with Gasteiger partial charge in [0, 0.05) is 11.4 Å². The van der Waals surface area contributed by atoms with E-state index in [1.165, 1.54) is 10.5 Å². The first-order chi connectivity index (χ1) is 10.1. The Bertz CT molecular complexity index is 616. The van der Waals surface area contributed by atoms with Crippen LogP contribution in [0.25, 0.3) is 0 Å². The molecule has 0 bridgehead atoms. The van der Waals surface area contributed by atoms with E-state index in [1.54, 1.807) is 11.8 Å². The summed E-state index contributed by atoms with van der Waals surface area (Å²) in [6.45, 7) is 7.25. The van der Waals surface area contributed by atoms with Crippen molar-refractivity contribution in [3.63, 3.8) is 0 Å². The minimum absolute atomic E-state index is 0.794. The fraction of sp³-hybridized carbons (Fsp3) is 0.375. The topological polar surface area (TPSA) is 37.8 Å². The normalized spacial score (nSPS) is 10.7. The summed E-state index contributed by atoms with van der Waals surface area (Å²) in [5.41, 5.74) is 2.33. The van der Waals surface area contributed by atoms with E-state index < -0.39 is 0 Å². The Kier molecular flexibility index (Phi) is 6.29. The average molecular weight is 413 g/mol. The van der Waals surface area contributed by atoms with Gasteiger partial charge in [-0.05, 0) is 55.0 Å². The van der Waals surface area contributed by atoms with Crippen LogP contribution in [0.15, 0.2) is 29.2 Å². The van der Waals surface area contributed by atoms with Gasteiger partial charge in [0.15, 0.2) is 0 Å². The van der Waals surface area contributed by atoms with Crippen LogP contribution >= 0.6 is 34.4 Å². The summed E-state index contributed by atoms with van der Waals surface area (Å²) >= 11 is 4.09. The van der Waals surface area contributed by atoms with Gasteiger partial charge in [0.25, 0.3) is 0 Å². The summed E-state index contributed by atoms with van der Waals surface area (Å²) in [4.78, 5) is 10.5. The predicted molar refractivity (Wildman–Crippen MR) is 99.0 cm³/mol. The zero-order valence-electron chi connectivity index (χ0n) is 12.6. The van der Waals surface area contributed by atoms with Crippen molar-refractivity contribution >= 4 is 40.2 Å². The van der Waals surface area contributed by atoms with Crippen LogP contribution in [0.5, 0.6) is 0 Å². The summed E-state index contributed by atoms with van der Waals surface area (Å²) in [6.07, 6.45) is 1.09. The molecule has 0 aliphatic rings. The standard InChI is InChI=1S/C16H20IN3S/c1-4-8-18-16-15(17)12(3)19-14(20-16)10-21-13-7-5-6-11(2)9-13/h5-7,9H,4,8,10H2,1-3H3,(H,18,19,20). The van der Waals surface area contributed by atoms with Crippen molar-refractivity contribution in [2.75, 3.05) is 11.9 Å². The third kappa shape index (κ3) is 4.85. The third-order valence-corrected chi connectivity index (χ3v) is 5.24. The fourth-order valence-corrected chi connectivity index (χ4v) is 3.20. The lowest BCUT2D eigenvalue weighted by atomic mass is 10.2. The van der Waals surface area contributed by atoms with E-state index in [4.69, 9.17) is 0 Å². The van der Waals surface area contributed by atoms with Crippen LogP contribution in [0.3, 0.4) is 0 Å². The van der Waals surface area contributed by atoms with Crippen LogP contribution in [0.1, 0.15) is 30.4 Å². The van der Waals surface area contributed by atoms with Crippen molar-refractivity contribution in [2.45, 2.75) is 37.8 Å². The summed E-state index contributed by atoms with van der Waals surface area (Å²) in [5.74, 6) is 2.64. The zero-order chi connectivity index (χ0) is 15.2. The molecule has 1 aromatic carbocycles. The van der Waals surface area contributed by atoms with Gasteiger partial charge in [0.05, 0.1) is 15.0 Å². The number of nitrogens with one attached hydrogen (secondary N) is 1. The number of thioether (sulfide) groups is 1. The highest BCUT2D eigenvalue weighted by molar-refractivity contribution is 14.1. The molecule has 0 spiro atoms. The average Bonchev–Trinajstić information content (AvgIpc) is 2.47. The lowest BCUT2D eigenvalue weighted by Gasteiger charge is -2.10. The number of benzene rings is 1. The van der Waals surface area contributed by atoms with Gasteiger partial charge in [-0.1, -0.05) is 24.6 Å². The van der Waals surface area contributed by atoms with Crippen molar-refractivity contribution in [1.82, 2.24) is 9.97 Å². The lowest BCUT2D eigenvalue weighted by Crippen LogP contribution is -2.08. The maximum absolute atomic E-state index is 4.66. The minimum atomic E-state index is 0.794. The van der Waals surface area contributed by atoms with E-state index in [2.05, 4.69) is 76.0 Å². The summed E-state index contributed by atoms with van der Waals surface area (Å²) in [7, 11) is 0. The largest absolute Gasteiger partial charge is 0.369 e. The van der Waals surface area contributed by atoms with Crippen LogP contribution in [0, 0.1) is 17.4 Å². The molecule has 0 amide bonds. The van der Waals surface area contributed by atoms with Crippen molar-refractivity contribution in [3.05, 3.63) is 44.9 Å². The maximum atomic E-state index is 4.66. The van der Waals surface area contributed by atoms with E-state index in [9.17, 15) is 0 Å². The molecule has 2 aromatic rings. The fourth-order valence-electron chi connectivity index (χ4n) is 1.90. The first-order valence-corrected chi connectivity index (χ1v) is 9.13. The molecule has 1 heterocycles. The van der Waals surface area contributed by atoms with Crippen molar-refractivity contribution in [1.29, 1.82) is 0 Å². The molecule has 1 N–H and O–H groups in total. The van der Waals surface area contributed by atoms with Gasteiger partial charge in [-0.25, -0.2) is 9.97 Å². The molecule has 2 rings (SSSR count). The molecule has 0 atom stereocenters. The SMILES string of the molecule is CCCNc1nc(CSc2cccc(C)c2)nc(C)c1I. The molecule has 0 saturated carbocycles. The Morgan fingerprint density at radius 3 is 2.76 bits per heavy atom. The van der Waals surface area contributed by atoms with Gasteiger partial charge in [-0.15, -0.1) is 11.8 Å². The Balaban J connectivity index is 2.11. The summed E-state index contributed by atoms with van der Waals surface area (Å²) in [5, 5.41) is 3.38. The van der Waals surface area contributed by atoms with Crippen LogP contribution in [-0.4, -0.2) is 16.5 Å². The van der Waals surface area contributed by atoms with Gasteiger partial charge in [0.2, 0.25) is 0 Å². The van der Waals surface area contributed by atoms with Gasteiger partial charge in [0.1, 0.15) is 11.6 Å². The zero-order valence-corrected chi connectivity index (χ0v) is 15.6. The Morgan fingerprint density at radius 2 is 2.05 bits per heavy atom. The molecule has 21 heavy (non-hydrogen) atoms. The number of hydrogen-bond acceptors (Lipinski definition) is 4. The van der Waals surface area contributed by atoms with Crippen molar-refractivity contribution in [3.8, 4) is 0 Å². The second kappa shape index (κ2) is 7.98. The molecule has 0 aliphatic heterocycles. The Morgan fingerprint density at radius 1 is 1.24 bits per heavy atom. The van der Waals surface area contributed by atoms with Crippen molar-refractivity contribution in [2.24, 2.45) is 0 Å². The second-order valence-corrected chi connectivity index (χ2v) is 7.05. The quantitative estimate of drug-likeness (QED) is 0.545. The first kappa shape index (κ1) is 16.5. The Hall–Kier alpha value is -0.820. The smallest absolute Gasteiger partial charge is 0.143 e. The molecular formula is C16H20IN3S. The number of aryl methyl sites for hydroxylation is 2. The highest BCUT2D eigenvalue weighted by Gasteiger charge is 2.09. The Labute approximate surface area is 144 Å². The van der Waals surface area contributed by atoms with E-state index >= 15 is 0 Å². The number of nitrogens with zero attached hydrogens (tertiary/aromatic N) is 2. The molecule has 0 radical (unpaired) electrons. The highest BCUT2D eigenvalue weighted by Crippen LogP contribution is 2.24. The molecule has 5 heteroatoms. The van der Waals surface area contributed by atoms with Crippen LogP contribution in [0.2, 0.25) is 0 Å². The van der Waals surface area contributed by atoms with Crippen LogP contribution in [-0.2, 0) is 5.75 Å². The van der Waals surface area contributed by atoms with Gasteiger partial charge in [-0.2, -0.15) is 0 Å². The maximum Gasteiger partial charge on any atom is 0.143 e. The van der Waals surface area contributed by atoms with Crippen LogP contribution in [0.4, 0.5) is 5.82 Å². The lowest BCUT2D eigenvalue weighted by molar-refractivity contribution is 0.933. The summed E-state index contributed by atoms with van der Waals surface area (Å²) in [6, 6.07) is 8.53. The number of halogens is 1. The molecule has 0 aliphatic carbocycles. The van der Waals surface area contributed by atoms with Gasteiger partial charge in [-0.3, -0.25) is 0 Å². The summed E-state index contributed by atoms with van der Waals surface area (Å²) < 4.78 is 1.12. The number of aromatic nitrogens is 2. The van der Waals surface area contributed by atoms with E-state index in [-0.39, 0.29) is 0 Å². The molecule has 0 unspecified atom stereocenters. The molecule has 1 aromatic heterocycles. The van der Waals surface area contributed by atoms with Gasteiger partial charge >= 0.3 is 0 Å². The molecule has 0 fully saturated rings. The molecule has 112 valence electrons. The number of hydrogen-bond donors (Lipinski definition) is 1. The highest BCUT2D eigenvalue weighted by atomic mass is 127. The predicted octanol–water partition coefficient (Wildman–Crippen LogP) is 4.81. The monoisotopic (exact) mass is 413 g/mol. The van der Waals surface area contributed by atoms with E-state index in [0.29, 0.717) is 0 Å². The van der Waals surface area contributed by atoms with E-state index in [0.717, 1.165) is 39.6 Å². The number of rotatable bonds is 6. The second-order valence-electron chi connectivity index (χ2n) is 4.92. The van der Waals surface area contributed by atoms with E-state index in [1.807, 2.05) is 6.92 Å². The third-order valence-electron chi connectivity index (χ3n) is 2.96. The molecule has 3 nitrogen and oxygen atoms in total. The molecular weight excluding hydrogens is 393 g/mol. The van der Waals surface area contributed by atoms with Crippen molar-refractivity contribution < 1.29 is 0 Å². The molecule has 0 saturated heterocycles. The minimum Gasteiger partial charge on any atom is -0.369 e. The van der Waals surface area contributed by atoms with Gasteiger partial charge < -0.3 is 5.32 Å². The van der Waals surface area contributed by atoms with Crippen LogP contribution < -0.4 is 5.32 Å².